The molecule has 1 nitrogen and oxygen atoms in total. The van der Waals surface area contributed by atoms with Crippen LogP contribution in [0.2, 0.25) is 0 Å². The third kappa shape index (κ3) is 13.4. The van der Waals surface area contributed by atoms with Crippen molar-refractivity contribution in [3.8, 4) is 0 Å². The van der Waals surface area contributed by atoms with Gasteiger partial charge in [-0.3, -0.25) is 0 Å². The first-order valence-corrected chi connectivity index (χ1v) is 18.2. The van der Waals surface area contributed by atoms with Crippen LogP contribution in [0.25, 0.3) is 0 Å². The zero-order valence-electron chi connectivity index (χ0n) is 20.4. The molecule has 3 aromatic rings. The molecule has 0 bridgehead atoms. The molecule has 3 rings (SSSR count). The van der Waals surface area contributed by atoms with Crippen molar-refractivity contribution in [2.24, 2.45) is 0 Å². The second-order valence-corrected chi connectivity index (χ2v) is 14.1. The molecule has 0 fully saturated rings. The molecule has 0 atom stereocenters. The first-order chi connectivity index (χ1) is 16.9. The van der Waals surface area contributed by atoms with E-state index in [9.17, 15) is 0 Å². The van der Waals surface area contributed by atoms with Gasteiger partial charge in [0.15, 0.2) is 0 Å². The Hall–Kier alpha value is 2.42. The van der Waals surface area contributed by atoms with Crippen LogP contribution in [0, 0.1) is 6.92 Å². The first-order valence-electron chi connectivity index (χ1n) is 10.3. The molecular weight excluding hydrogens is 1120 g/mol. The highest BCUT2D eigenvalue weighted by Gasteiger charge is 2.16. The quantitative estimate of drug-likeness (QED) is 0.174. The summed E-state index contributed by atoms with van der Waals surface area (Å²) in [6.45, 7) is 8.16. The summed E-state index contributed by atoms with van der Waals surface area (Å²) in [5.74, 6) is 0. The van der Waals surface area contributed by atoms with Gasteiger partial charge in [0, 0.05) is 58.9 Å². The summed E-state index contributed by atoms with van der Waals surface area (Å²) in [6, 6.07) is 12.0. The Bertz CT molecular complexity index is 896. The number of methoxy groups -OCH3 is 1. The van der Waals surface area contributed by atoms with Crippen molar-refractivity contribution in [2.45, 2.75) is 34.1 Å². The Balaban J connectivity index is 0. The molecule has 36 heavy (non-hydrogen) atoms. The van der Waals surface area contributed by atoms with Gasteiger partial charge >= 0.3 is 0 Å². The number of hydrogen-bond donors (Lipinski definition) is 0. The van der Waals surface area contributed by atoms with Gasteiger partial charge in [-0.15, -0.1) is 0 Å². The molecule has 0 aromatic heterocycles. The lowest BCUT2D eigenvalue weighted by molar-refractivity contribution is 0.277. The van der Waals surface area contributed by atoms with Crippen LogP contribution in [-0.4, -0.2) is 14.2 Å². The van der Waals surface area contributed by atoms with Crippen LogP contribution >= 0.6 is 159 Å². The normalized spacial score (nSPS) is 9.33. The predicted octanol–water partition coefficient (Wildman–Crippen LogP) is 14.8. The average molecular weight is 1140 g/mol. The Labute approximate surface area is 300 Å². The summed E-state index contributed by atoms with van der Waals surface area (Å²) in [5.41, 5.74) is 2.42. The van der Waals surface area contributed by atoms with Crippen LogP contribution in [0.1, 0.15) is 31.9 Å². The highest BCUT2D eigenvalue weighted by molar-refractivity contribution is 9.16. The highest BCUT2D eigenvalue weighted by Crippen LogP contribution is 2.45. The molecule has 3 aromatic carbocycles. The summed E-state index contributed by atoms with van der Waals surface area (Å²) >= 11 is 35.0. The summed E-state index contributed by atoms with van der Waals surface area (Å²) in [7, 11) is 3.25. The fraction of sp³-hybridized carbons (Fsp3) is 0.280. The van der Waals surface area contributed by atoms with Crippen molar-refractivity contribution in [1.82, 2.24) is 0 Å². The molecule has 0 aliphatic rings. The van der Waals surface area contributed by atoms with Crippen molar-refractivity contribution < 1.29 is 4.74 Å². The second kappa shape index (κ2) is 23.0. The first kappa shape index (κ1) is 40.6. The highest BCUT2D eigenvalue weighted by atomic mass is 79.9. The average Bonchev–Trinajstić information content (AvgIpc) is 2.91. The number of hydrogen-bond acceptors (Lipinski definition) is 1. The third-order valence-electron chi connectivity index (χ3n) is 3.75. The summed E-state index contributed by atoms with van der Waals surface area (Å²) in [5, 5.41) is 0. The van der Waals surface area contributed by atoms with E-state index in [0.29, 0.717) is 0 Å². The summed E-state index contributed by atoms with van der Waals surface area (Å²) in [4.78, 5) is 0. The van der Waals surface area contributed by atoms with E-state index in [-0.39, 0.29) is 0 Å². The lowest BCUT2D eigenvalue weighted by Crippen LogP contribution is -1.89. The van der Waals surface area contributed by atoms with Crippen molar-refractivity contribution in [1.29, 1.82) is 0 Å². The van der Waals surface area contributed by atoms with Crippen LogP contribution in [-0.2, 0) is 11.2 Å². The number of rotatable bonds is 1. The van der Waals surface area contributed by atoms with E-state index in [2.05, 4.69) is 171 Å². The van der Waals surface area contributed by atoms with Crippen LogP contribution in [0.5, 0.6) is 0 Å². The van der Waals surface area contributed by atoms with Gasteiger partial charge in [-0.25, -0.2) is 0 Å². The van der Waals surface area contributed by atoms with Gasteiger partial charge in [0.1, 0.15) is 0 Å². The van der Waals surface area contributed by atoms with Crippen molar-refractivity contribution in [2.75, 3.05) is 14.2 Å². The minimum atomic E-state index is 0.978. The van der Waals surface area contributed by atoms with Gasteiger partial charge in [-0.05, 0) is 184 Å². The zero-order valence-corrected chi connectivity index (χ0v) is 36.2. The summed E-state index contributed by atoms with van der Waals surface area (Å²) < 4.78 is 14.7. The van der Waals surface area contributed by atoms with Gasteiger partial charge in [-0.2, -0.15) is 0 Å². The van der Waals surface area contributed by atoms with E-state index in [1.165, 1.54) is 5.56 Å². The molecule has 0 radical (unpaired) electrons. The molecule has 0 saturated heterocycles. The third-order valence-corrected chi connectivity index (χ3v) is 16.5. The van der Waals surface area contributed by atoms with E-state index in [0.717, 1.165) is 56.7 Å². The van der Waals surface area contributed by atoms with E-state index in [4.69, 9.17) is 0 Å². The van der Waals surface area contributed by atoms with Gasteiger partial charge in [0.05, 0.1) is 0 Å². The van der Waals surface area contributed by atoms with E-state index >= 15 is 0 Å². The minimum absolute atomic E-state index is 0.978. The maximum atomic E-state index is 4.25. The monoisotopic (exact) mass is 1130 g/mol. The van der Waals surface area contributed by atoms with Crippen LogP contribution in [0.15, 0.2) is 81.1 Å². The SMILES string of the molecule is CC.CCc1c(Br)c(Br)c(Br)c(Br)c1Br.COC.Cc1c(Br)c(Br)c(Br)c(Br)c1Br.c1ccccc1. The van der Waals surface area contributed by atoms with Crippen molar-refractivity contribution in [3.63, 3.8) is 0 Å². The molecule has 0 spiro atoms. The Morgan fingerprint density at radius 2 is 0.667 bits per heavy atom. The van der Waals surface area contributed by atoms with E-state index in [1.54, 1.807) is 14.2 Å². The molecule has 0 heterocycles. The molecule has 11 heteroatoms. The van der Waals surface area contributed by atoms with Gasteiger partial charge in [-0.1, -0.05) is 57.2 Å². The Kier molecular flexibility index (Phi) is 26.0. The minimum Gasteiger partial charge on any atom is -0.388 e. The van der Waals surface area contributed by atoms with Gasteiger partial charge < -0.3 is 4.74 Å². The Morgan fingerprint density at radius 1 is 0.472 bits per heavy atom. The molecule has 0 N–H and O–H groups in total. The van der Waals surface area contributed by atoms with Gasteiger partial charge in [0.25, 0.3) is 0 Å². The lowest BCUT2D eigenvalue weighted by Gasteiger charge is -2.11. The van der Waals surface area contributed by atoms with Crippen LogP contribution in [0.4, 0.5) is 0 Å². The lowest BCUT2D eigenvalue weighted by atomic mass is 10.2. The second-order valence-electron chi connectivity index (χ2n) is 6.16. The summed E-state index contributed by atoms with van der Waals surface area (Å²) in [6.07, 6.45) is 0.978. The number of halogens is 10. The molecular formula is C25H26Br10O. The van der Waals surface area contributed by atoms with Crippen molar-refractivity contribution in [3.05, 3.63) is 92.3 Å². The van der Waals surface area contributed by atoms with Crippen LogP contribution < -0.4 is 0 Å². The smallest absolute Gasteiger partial charge is 0.0482 e. The molecule has 0 saturated carbocycles. The maximum Gasteiger partial charge on any atom is 0.0482 e. The van der Waals surface area contributed by atoms with E-state index in [1.807, 2.05) is 57.2 Å². The Morgan fingerprint density at radius 3 is 0.889 bits per heavy atom. The van der Waals surface area contributed by atoms with Gasteiger partial charge in [0.2, 0.25) is 0 Å². The standard InChI is InChI=1S/C8H5Br5.C7H3Br5.C6H6.C2H6O.C2H6/c1-2-3-4(9)6(11)8(13)7(12)5(3)10;1-2-3(8)5(10)7(12)6(11)4(2)9;1-2-4-6-5-3-1;1-3-2;1-2/h2H2,1H3;1H3;1-6H;1-2H3;1-2H3. The molecule has 0 unspecified atom stereocenters. The predicted molar refractivity (Wildman–Crippen MR) is 195 cm³/mol. The van der Waals surface area contributed by atoms with E-state index < -0.39 is 0 Å². The molecule has 0 amide bonds. The fourth-order valence-corrected chi connectivity index (χ4v) is 8.99. The largest absolute Gasteiger partial charge is 0.388 e. The topological polar surface area (TPSA) is 9.23 Å². The molecule has 0 aliphatic heterocycles. The fourth-order valence-electron chi connectivity index (χ4n) is 2.06. The zero-order chi connectivity index (χ0) is 28.6. The molecule has 0 aliphatic carbocycles. The van der Waals surface area contributed by atoms with Crippen molar-refractivity contribution >= 4 is 159 Å². The van der Waals surface area contributed by atoms with Crippen LogP contribution in [0.3, 0.4) is 0 Å². The maximum absolute atomic E-state index is 4.25. The molecule has 202 valence electrons. The number of ether oxygens (including phenoxy) is 1. The number of benzene rings is 3.